The van der Waals surface area contributed by atoms with E-state index in [0.29, 0.717) is 5.75 Å². The van der Waals surface area contributed by atoms with Crippen LogP contribution in [0.4, 0.5) is 0 Å². The van der Waals surface area contributed by atoms with Crippen LogP contribution < -0.4 is 0 Å². The van der Waals surface area contributed by atoms with Crippen LogP contribution in [0.5, 0.6) is 5.75 Å². The topological polar surface area (TPSA) is 73.1 Å². The fourth-order valence-electron chi connectivity index (χ4n) is 1.02. The van der Waals surface area contributed by atoms with Crippen molar-refractivity contribution in [3.8, 4) is 5.75 Å². The van der Waals surface area contributed by atoms with E-state index in [1.165, 1.54) is 10.9 Å². The Bertz CT molecular complexity index is 273. The van der Waals surface area contributed by atoms with Crippen molar-refractivity contribution in [2.75, 3.05) is 20.6 Å². The number of benzene rings is 1. The van der Waals surface area contributed by atoms with Gasteiger partial charge in [0, 0.05) is 6.54 Å². The zero-order chi connectivity index (χ0) is 11.7. The average Bonchev–Trinajstić information content (AvgIpc) is 2.18. The van der Waals surface area contributed by atoms with Crippen molar-refractivity contribution in [3.05, 3.63) is 34.7 Å². The molecule has 0 aliphatic carbocycles. The third kappa shape index (κ3) is 7.45. The lowest BCUT2D eigenvalue weighted by atomic mass is 10.1. The molecule has 0 atom stereocenters. The summed E-state index contributed by atoms with van der Waals surface area (Å²) in [4.78, 5) is 10.3. The van der Waals surface area contributed by atoms with Crippen LogP contribution in [0.15, 0.2) is 29.6 Å². The molecule has 0 fully saturated rings. The molecule has 0 saturated heterocycles. The zero-order valence-corrected chi connectivity index (χ0v) is 8.92. The van der Waals surface area contributed by atoms with E-state index in [1.807, 2.05) is 12.1 Å². The standard InChI is InChI=1S/C10H15NO.HNO2/c1-11(2)8-7-9-3-5-10(12)6-4-9;2-1-3/h3-6,12H,7-8H2,1-2H3;(H,2,3). The fourth-order valence-corrected chi connectivity index (χ4v) is 1.02. The molecule has 0 bridgehead atoms. The minimum atomic E-state index is 0.337. The van der Waals surface area contributed by atoms with Gasteiger partial charge in [-0.05, 0) is 38.2 Å². The van der Waals surface area contributed by atoms with Gasteiger partial charge in [-0.25, -0.2) is 0 Å². The van der Waals surface area contributed by atoms with Crippen LogP contribution in [0, 0.1) is 4.91 Å². The first-order chi connectivity index (χ1) is 7.10. The number of phenolic OH excluding ortho intramolecular Hbond substituents is 1. The van der Waals surface area contributed by atoms with Gasteiger partial charge in [-0.3, -0.25) is 0 Å². The minimum Gasteiger partial charge on any atom is -0.508 e. The third-order valence-corrected chi connectivity index (χ3v) is 1.78. The smallest absolute Gasteiger partial charge is 0.152 e. The Morgan fingerprint density at radius 1 is 1.27 bits per heavy atom. The molecule has 5 heteroatoms. The van der Waals surface area contributed by atoms with Gasteiger partial charge in [-0.2, -0.15) is 0 Å². The quantitative estimate of drug-likeness (QED) is 0.590. The molecule has 0 aliphatic heterocycles. The van der Waals surface area contributed by atoms with E-state index in [-0.39, 0.29) is 0 Å². The van der Waals surface area contributed by atoms with Crippen LogP contribution in [0.2, 0.25) is 0 Å². The minimum absolute atomic E-state index is 0.337. The van der Waals surface area contributed by atoms with Crippen molar-refractivity contribution in [2.24, 2.45) is 5.34 Å². The highest BCUT2D eigenvalue weighted by atomic mass is 16.6. The Morgan fingerprint density at radius 3 is 2.13 bits per heavy atom. The Labute approximate surface area is 88.9 Å². The number of phenols is 1. The molecule has 5 nitrogen and oxygen atoms in total. The second-order valence-corrected chi connectivity index (χ2v) is 3.30. The van der Waals surface area contributed by atoms with Gasteiger partial charge < -0.3 is 15.2 Å². The molecule has 0 radical (unpaired) electrons. The monoisotopic (exact) mass is 212 g/mol. The molecule has 0 unspecified atom stereocenters. The molecule has 2 N–H and O–H groups in total. The highest BCUT2D eigenvalue weighted by Crippen LogP contribution is 2.09. The van der Waals surface area contributed by atoms with Gasteiger partial charge in [0.2, 0.25) is 0 Å². The maximum absolute atomic E-state index is 9.02. The molecule has 0 saturated carbocycles. The SMILES string of the molecule is CN(C)CCc1ccc(O)cc1.O=NO. The van der Waals surface area contributed by atoms with Crippen molar-refractivity contribution in [2.45, 2.75) is 6.42 Å². The largest absolute Gasteiger partial charge is 0.508 e. The van der Waals surface area contributed by atoms with Crippen LogP contribution in [-0.4, -0.2) is 35.9 Å². The first-order valence-corrected chi connectivity index (χ1v) is 4.49. The molecule has 15 heavy (non-hydrogen) atoms. The van der Waals surface area contributed by atoms with E-state index in [9.17, 15) is 0 Å². The van der Waals surface area contributed by atoms with Gasteiger partial charge in [0.1, 0.15) is 5.75 Å². The molecular formula is C10H16N2O3. The third-order valence-electron chi connectivity index (χ3n) is 1.78. The predicted molar refractivity (Wildman–Crippen MR) is 57.9 cm³/mol. The highest BCUT2D eigenvalue weighted by molar-refractivity contribution is 5.25. The number of aromatic hydroxyl groups is 1. The van der Waals surface area contributed by atoms with Gasteiger partial charge in [0.25, 0.3) is 0 Å². The normalized spacial score (nSPS) is 9.27. The van der Waals surface area contributed by atoms with Gasteiger partial charge in [0.15, 0.2) is 5.34 Å². The van der Waals surface area contributed by atoms with E-state index in [1.54, 1.807) is 12.1 Å². The van der Waals surface area contributed by atoms with Crippen molar-refractivity contribution in [3.63, 3.8) is 0 Å². The fraction of sp³-hybridized carbons (Fsp3) is 0.400. The van der Waals surface area contributed by atoms with Crippen LogP contribution in [0.3, 0.4) is 0 Å². The Hall–Kier alpha value is -1.62. The van der Waals surface area contributed by atoms with Crippen molar-refractivity contribution in [1.29, 1.82) is 0 Å². The van der Waals surface area contributed by atoms with E-state index >= 15 is 0 Å². The molecule has 0 aromatic heterocycles. The zero-order valence-electron chi connectivity index (χ0n) is 8.92. The van der Waals surface area contributed by atoms with Crippen LogP contribution >= 0.6 is 0 Å². The molecule has 0 spiro atoms. The summed E-state index contributed by atoms with van der Waals surface area (Å²) in [5.41, 5.74) is 1.27. The molecule has 1 rings (SSSR count). The molecule has 0 heterocycles. The lowest BCUT2D eigenvalue weighted by Crippen LogP contribution is -2.14. The molecular weight excluding hydrogens is 196 g/mol. The number of hydrogen-bond donors (Lipinski definition) is 2. The van der Waals surface area contributed by atoms with Gasteiger partial charge in [0.05, 0.1) is 0 Å². The van der Waals surface area contributed by atoms with Crippen LogP contribution in [0.25, 0.3) is 0 Å². The molecule has 84 valence electrons. The van der Waals surface area contributed by atoms with Gasteiger partial charge in [-0.1, -0.05) is 12.1 Å². The molecule has 0 aliphatic rings. The van der Waals surface area contributed by atoms with Gasteiger partial charge in [-0.15, -0.1) is 4.91 Å². The van der Waals surface area contributed by atoms with E-state index in [4.69, 9.17) is 15.2 Å². The van der Waals surface area contributed by atoms with Gasteiger partial charge >= 0.3 is 0 Å². The van der Waals surface area contributed by atoms with E-state index in [0.717, 1.165) is 13.0 Å². The number of nitrogens with zero attached hydrogens (tertiary/aromatic N) is 2. The first-order valence-electron chi connectivity index (χ1n) is 4.49. The second-order valence-electron chi connectivity index (χ2n) is 3.30. The van der Waals surface area contributed by atoms with Crippen molar-refractivity contribution >= 4 is 0 Å². The second kappa shape index (κ2) is 7.75. The molecule has 0 amide bonds. The Kier molecular flexibility index (Phi) is 6.92. The summed E-state index contributed by atoms with van der Waals surface area (Å²) in [6.45, 7) is 1.05. The molecule has 1 aromatic rings. The number of hydrogen-bond acceptors (Lipinski definition) is 4. The number of likely N-dealkylation sites (N-methyl/N-ethyl adjacent to an activating group) is 1. The highest BCUT2D eigenvalue weighted by Gasteiger charge is 1.94. The van der Waals surface area contributed by atoms with Crippen LogP contribution in [-0.2, 0) is 6.42 Å². The Balaban J connectivity index is 0.000000583. The summed E-state index contributed by atoms with van der Waals surface area (Å²) in [5, 5.41) is 16.9. The lowest BCUT2D eigenvalue weighted by molar-refractivity contribution is 0.312. The van der Waals surface area contributed by atoms with E-state index < -0.39 is 0 Å². The van der Waals surface area contributed by atoms with E-state index in [2.05, 4.69) is 19.0 Å². The summed E-state index contributed by atoms with van der Waals surface area (Å²) in [6.07, 6.45) is 1.04. The summed E-state index contributed by atoms with van der Waals surface area (Å²) in [5.74, 6) is 0.337. The number of rotatable bonds is 3. The summed E-state index contributed by atoms with van der Waals surface area (Å²) in [6, 6.07) is 7.37. The van der Waals surface area contributed by atoms with Crippen molar-refractivity contribution < 1.29 is 10.3 Å². The Morgan fingerprint density at radius 2 is 1.73 bits per heavy atom. The predicted octanol–water partition coefficient (Wildman–Crippen LogP) is 1.64. The first kappa shape index (κ1) is 13.4. The van der Waals surface area contributed by atoms with Crippen LogP contribution in [0.1, 0.15) is 5.56 Å². The summed E-state index contributed by atoms with van der Waals surface area (Å²) < 4.78 is 0. The maximum Gasteiger partial charge on any atom is 0.152 e. The summed E-state index contributed by atoms with van der Waals surface area (Å²) >= 11 is 0. The summed E-state index contributed by atoms with van der Waals surface area (Å²) in [7, 11) is 4.11. The lowest BCUT2D eigenvalue weighted by Gasteiger charge is -2.08. The maximum atomic E-state index is 9.02. The average molecular weight is 212 g/mol. The van der Waals surface area contributed by atoms with Crippen molar-refractivity contribution in [1.82, 2.24) is 4.90 Å². The molecule has 1 aromatic carbocycles.